The number of amides is 2. The summed E-state index contributed by atoms with van der Waals surface area (Å²) in [6, 6.07) is 21.7. The zero-order valence-corrected chi connectivity index (χ0v) is 16.8. The third-order valence-electron chi connectivity index (χ3n) is 4.51. The van der Waals surface area contributed by atoms with Crippen molar-refractivity contribution in [3.05, 3.63) is 77.7 Å². The van der Waals surface area contributed by atoms with Crippen LogP contribution in [0, 0.1) is 0 Å². The fourth-order valence-corrected chi connectivity index (χ4v) is 3.83. The van der Waals surface area contributed by atoms with E-state index in [1.54, 1.807) is 0 Å². The SMILES string of the molecule is CCOc1ccc(-c2csc(NC(=O)NCc3cccc4ccccc34)n2)cc1. The maximum absolute atomic E-state index is 12.3. The third kappa shape index (κ3) is 4.55. The molecule has 0 saturated heterocycles. The van der Waals surface area contributed by atoms with Gasteiger partial charge in [0.1, 0.15) is 5.75 Å². The summed E-state index contributed by atoms with van der Waals surface area (Å²) in [5.41, 5.74) is 2.88. The van der Waals surface area contributed by atoms with Gasteiger partial charge in [-0.3, -0.25) is 5.32 Å². The Labute approximate surface area is 173 Å². The molecular weight excluding hydrogens is 382 g/mol. The van der Waals surface area contributed by atoms with Crippen molar-refractivity contribution >= 4 is 33.3 Å². The molecule has 1 aromatic heterocycles. The van der Waals surface area contributed by atoms with Crippen LogP contribution in [-0.2, 0) is 6.54 Å². The molecule has 0 bridgehead atoms. The van der Waals surface area contributed by atoms with Crippen LogP contribution in [0.15, 0.2) is 72.1 Å². The normalized spacial score (nSPS) is 10.7. The Morgan fingerprint density at radius 3 is 2.66 bits per heavy atom. The highest BCUT2D eigenvalue weighted by Gasteiger charge is 2.09. The highest BCUT2D eigenvalue weighted by molar-refractivity contribution is 7.14. The molecule has 4 aromatic rings. The number of hydrogen-bond acceptors (Lipinski definition) is 4. The lowest BCUT2D eigenvalue weighted by molar-refractivity contribution is 0.252. The number of urea groups is 1. The molecule has 0 aliphatic heterocycles. The Balaban J connectivity index is 1.38. The molecule has 0 fully saturated rings. The van der Waals surface area contributed by atoms with Crippen LogP contribution in [0.5, 0.6) is 5.75 Å². The summed E-state index contributed by atoms with van der Waals surface area (Å²) in [5.74, 6) is 0.831. The molecule has 3 aromatic carbocycles. The van der Waals surface area contributed by atoms with Gasteiger partial charge in [-0.25, -0.2) is 9.78 Å². The topological polar surface area (TPSA) is 63.2 Å². The molecule has 2 amide bonds. The molecular formula is C23H21N3O2S. The monoisotopic (exact) mass is 403 g/mol. The van der Waals surface area contributed by atoms with Gasteiger partial charge >= 0.3 is 6.03 Å². The van der Waals surface area contributed by atoms with E-state index < -0.39 is 0 Å². The van der Waals surface area contributed by atoms with Gasteiger partial charge < -0.3 is 10.1 Å². The van der Waals surface area contributed by atoms with Gasteiger partial charge in [0, 0.05) is 17.5 Å². The average molecular weight is 404 g/mol. The number of fused-ring (bicyclic) bond motifs is 1. The standard InChI is InChI=1S/C23H21N3O2S/c1-2-28-19-12-10-17(11-13-19)21-15-29-23(25-21)26-22(27)24-14-18-8-5-7-16-6-3-4-9-20(16)18/h3-13,15H,2,14H2,1H3,(H2,24,25,26,27). The molecule has 0 aliphatic carbocycles. The Morgan fingerprint density at radius 1 is 1.03 bits per heavy atom. The minimum Gasteiger partial charge on any atom is -0.494 e. The Hall–Kier alpha value is -3.38. The van der Waals surface area contributed by atoms with E-state index in [0.717, 1.165) is 33.3 Å². The number of hydrogen-bond donors (Lipinski definition) is 2. The van der Waals surface area contributed by atoms with E-state index in [4.69, 9.17) is 4.74 Å². The molecule has 5 nitrogen and oxygen atoms in total. The summed E-state index contributed by atoms with van der Waals surface area (Å²) in [5, 5.41) is 10.5. The largest absolute Gasteiger partial charge is 0.494 e. The van der Waals surface area contributed by atoms with Crippen molar-refractivity contribution in [2.75, 3.05) is 11.9 Å². The lowest BCUT2D eigenvalue weighted by Crippen LogP contribution is -2.28. The summed E-state index contributed by atoms with van der Waals surface area (Å²) in [7, 11) is 0. The number of nitrogens with zero attached hydrogens (tertiary/aromatic N) is 1. The molecule has 2 N–H and O–H groups in total. The second-order valence-corrected chi connectivity index (χ2v) is 7.30. The first-order chi connectivity index (χ1) is 14.2. The van der Waals surface area contributed by atoms with E-state index in [1.165, 1.54) is 11.3 Å². The van der Waals surface area contributed by atoms with E-state index in [9.17, 15) is 4.79 Å². The smallest absolute Gasteiger partial charge is 0.321 e. The first-order valence-corrected chi connectivity index (χ1v) is 10.3. The van der Waals surface area contributed by atoms with Crippen molar-refractivity contribution in [3.8, 4) is 17.0 Å². The Morgan fingerprint density at radius 2 is 1.83 bits per heavy atom. The summed E-state index contributed by atoms with van der Waals surface area (Å²) >= 11 is 1.40. The fourth-order valence-electron chi connectivity index (χ4n) is 3.12. The zero-order valence-electron chi connectivity index (χ0n) is 16.0. The van der Waals surface area contributed by atoms with Crippen molar-refractivity contribution in [1.82, 2.24) is 10.3 Å². The molecule has 0 unspecified atom stereocenters. The maximum Gasteiger partial charge on any atom is 0.321 e. The molecule has 0 saturated carbocycles. The van der Waals surface area contributed by atoms with E-state index in [1.807, 2.05) is 60.8 Å². The predicted molar refractivity (Wildman–Crippen MR) is 119 cm³/mol. The number of carbonyl (C=O) groups is 1. The number of aromatic nitrogens is 1. The molecule has 146 valence electrons. The first-order valence-electron chi connectivity index (χ1n) is 9.43. The first kappa shape index (κ1) is 19.0. The van der Waals surface area contributed by atoms with Crippen LogP contribution in [0.3, 0.4) is 0 Å². The van der Waals surface area contributed by atoms with Crippen LogP contribution in [0.25, 0.3) is 22.0 Å². The molecule has 0 spiro atoms. The third-order valence-corrected chi connectivity index (χ3v) is 5.26. The number of nitrogens with one attached hydrogen (secondary N) is 2. The summed E-state index contributed by atoms with van der Waals surface area (Å²) in [6.07, 6.45) is 0. The van der Waals surface area contributed by atoms with Gasteiger partial charge in [0.05, 0.1) is 12.3 Å². The van der Waals surface area contributed by atoms with Crippen molar-refractivity contribution in [1.29, 1.82) is 0 Å². The Bertz CT molecular complexity index is 1120. The quantitative estimate of drug-likeness (QED) is 0.435. The molecule has 0 radical (unpaired) electrons. The van der Waals surface area contributed by atoms with Gasteiger partial charge in [-0.05, 0) is 47.5 Å². The highest BCUT2D eigenvalue weighted by atomic mass is 32.1. The van der Waals surface area contributed by atoms with Crippen molar-refractivity contribution < 1.29 is 9.53 Å². The van der Waals surface area contributed by atoms with Crippen molar-refractivity contribution in [3.63, 3.8) is 0 Å². The van der Waals surface area contributed by atoms with Crippen LogP contribution >= 0.6 is 11.3 Å². The second kappa shape index (κ2) is 8.75. The van der Waals surface area contributed by atoms with Gasteiger partial charge in [0.2, 0.25) is 0 Å². The number of thiazole rings is 1. The molecule has 4 rings (SSSR count). The number of rotatable bonds is 6. The van der Waals surface area contributed by atoms with Crippen LogP contribution in [0.1, 0.15) is 12.5 Å². The van der Waals surface area contributed by atoms with Gasteiger partial charge in [0.15, 0.2) is 5.13 Å². The van der Waals surface area contributed by atoms with Gasteiger partial charge in [-0.2, -0.15) is 0 Å². The minimum absolute atomic E-state index is 0.273. The summed E-state index contributed by atoms with van der Waals surface area (Å²) in [6.45, 7) is 3.04. The van der Waals surface area contributed by atoms with E-state index >= 15 is 0 Å². The average Bonchev–Trinajstić information content (AvgIpc) is 3.21. The zero-order chi connectivity index (χ0) is 20.1. The van der Waals surface area contributed by atoms with Gasteiger partial charge in [0.25, 0.3) is 0 Å². The van der Waals surface area contributed by atoms with Crippen molar-refractivity contribution in [2.45, 2.75) is 13.5 Å². The molecule has 0 aliphatic rings. The van der Waals surface area contributed by atoms with Gasteiger partial charge in [-0.1, -0.05) is 42.5 Å². The van der Waals surface area contributed by atoms with Crippen LogP contribution in [0.4, 0.5) is 9.93 Å². The predicted octanol–water partition coefficient (Wildman–Crippen LogP) is 5.68. The second-order valence-electron chi connectivity index (χ2n) is 6.44. The van der Waals surface area contributed by atoms with E-state index in [2.05, 4.69) is 33.8 Å². The van der Waals surface area contributed by atoms with Crippen LogP contribution < -0.4 is 15.4 Å². The highest BCUT2D eigenvalue weighted by Crippen LogP contribution is 2.26. The van der Waals surface area contributed by atoms with Crippen LogP contribution in [0.2, 0.25) is 0 Å². The Kier molecular flexibility index (Phi) is 5.72. The number of anilines is 1. The summed E-state index contributed by atoms with van der Waals surface area (Å²) in [4.78, 5) is 16.8. The molecule has 1 heterocycles. The van der Waals surface area contributed by atoms with E-state index in [-0.39, 0.29) is 6.03 Å². The van der Waals surface area contributed by atoms with E-state index in [0.29, 0.717) is 18.3 Å². The fraction of sp³-hybridized carbons (Fsp3) is 0.130. The van der Waals surface area contributed by atoms with Gasteiger partial charge in [-0.15, -0.1) is 11.3 Å². The lowest BCUT2D eigenvalue weighted by atomic mass is 10.0. The molecule has 29 heavy (non-hydrogen) atoms. The lowest BCUT2D eigenvalue weighted by Gasteiger charge is -2.08. The van der Waals surface area contributed by atoms with Crippen molar-refractivity contribution in [2.24, 2.45) is 0 Å². The molecule has 6 heteroatoms. The number of benzene rings is 3. The maximum atomic E-state index is 12.3. The minimum atomic E-state index is -0.273. The van der Waals surface area contributed by atoms with Crippen LogP contribution in [-0.4, -0.2) is 17.6 Å². The molecule has 0 atom stereocenters. The number of carbonyl (C=O) groups excluding carboxylic acids is 1. The summed E-state index contributed by atoms with van der Waals surface area (Å²) < 4.78 is 5.46. The number of ether oxygens (including phenoxy) is 1.